The van der Waals surface area contributed by atoms with E-state index in [0.717, 1.165) is 39.2 Å². The highest BCUT2D eigenvalue weighted by Gasteiger charge is 2.08. The van der Waals surface area contributed by atoms with Crippen molar-refractivity contribution >= 4 is 28.1 Å². The topological polar surface area (TPSA) is 37.4 Å². The van der Waals surface area contributed by atoms with Crippen molar-refractivity contribution in [2.45, 2.75) is 27.1 Å². The van der Waals surface area contributed by atoms with Gasteiger partial charge in [0.1, 0.15) is 11.6 Å². The van der Waals surface area contributed by atoms with Crippen molar-refractivity contribution in [2.24, 2.45) is 0 Å². The SMILES string of the molecule is C=CN(C)/C(=C\C)c1ccc2ccc(N/C(=C/C)c3ccc(OC(C)F)cc3)nc2c1. The Labute approximate surface area is 183 Å². The summed E-state index contributed by atoms with van der Waals surface area (Å²) in [5.41, 5.74) is 4.90. The largest absolute Gasteiger partial charge is 0.461 e. The van der Waals surface area contributed by atoms with Crippen LogP contribution in [0.2, 0.25) is 0 Å². The molecule has 1 aromatic heterocycles. The summed E-state index contributed by atoms with van der Waals surface area (Å²) in [6.07, 6.45) is 4.48. The number of fused-ring (bicyclic) bond motifs is 1. The first-order chi connectivity index (χ1) is 14.9. The standard InChI is InChI=1S/C26H28FN3O/c1-6-23(19-11-14-22(15-12-19)31-18(4)27)28-26-16-13-20-9-10-21(17-24(20)29-26)25(7-2)30(5)8-3/h6-18H,3H2,1-2,4-5H3,(H,28,29)/b23-6+,25-7-. The molecule has 1 heterocycles. The van der Waals surface area contributed by atoms with Crippen LogP contribution in [0.5, 0.6) is 5.75 Å². The Bertz CT molecular complexity index is 1120. The maximum Gasteiger partial charge on any atom is 0.235 e. The number of benzene rings is 2. The molecular formula is C26H28FN3O. The number of anilines is 1. The third kappa shape index (κ3) is 5.31. The molecule has 160 valence electrons. The predicted molar refractivity (Wildman–Crippen MR) is 128 cm³/mol. The number of allylic oxidation sites excluding steroid dienone is 2. The van der Waals surface area contributed by atoms with E-state index in [0.29, 0.717) is 5.75 Å². The Morgan fingerprint density at radius 1 is 1.06 bits per heavy atom. The van der Waals surface area contributed by atoms with E-state index in [-0.39, 0.29) is 0 Å². The number of rotatable bonds is 8. The van der Waals surface area contributed by atoms with Gasteiger partial charge in [0.25, 0.3) is 0 Å². The second-order valence-electron chi connectivity index (χ2n) is 7.08. The van der Waals surface area contributed by atoms with Crippen LogP contribution < -0.4 is 10.1 Å². The average Bonchev–Trinajstić information content (AvgIpc) is 2.77. The molecule has 0 amide bonds. The van der Waals surface area contributed by atoms with Crippen molar-refractivity contribution in [1.29, 1.82) is 0 Å². The van der Waals surface area contributed by atoms with E-state index in [4.69, 9.17) is 9.72 Å². The number of pyridine rings is 1. The van der Waals surface area contributed by atoms with Gasteiger partial charge >= 0.3 is 0 Å². The number of nitrogens with one attached hydrogen (secondary N) is 1. The van der Waals surface area contributed by atoms with Gasteiger partial charge in [-0.2, -0.15) is 0 Å². The van der Waals surface area contributed by atoms with Crippen LogP contribution in [0, 0.1) is 0 Å². The summed E-state index contributed by atoms with van der Waals surface area (Å²) in [5, 5.41) is 4.45. The Hall–Kier alpha value is -3.60. The minimum atomic E-state index is -1.34. The molecule has 0 bridgehead atoms. The maximum absolute atomic E-state index is 13.0. The maximum atomic E-state index is 13.0. The molecule has 0 radical (unpaired) electrons. The van der Waals surface area contributed by atoms with Crippen LogP contribution in [0.1, 0.15) is 31.9 Å². The fraction of sp³-hybridized carbons (Fsp3) is 0.192. The number of alkyl halides is 1. The zero-order valence-electron chi connectivity index (χ0n) is 18.4. The van der Waals surface area contributed by atoms with Crippen LogP contribution in [0.25, 0.3) is 22.3 Å². The van der Waals surface area contributed by atoms with Crippen LogP contribution in [0.3, 0.4) is 0 Å². The van der Waals surface area contributed by atoms with Gasteiger partial charge in [0.05, 0.1) is 5.52 Å². The van der Waals surface area contributed by atoms with Crippen LogP contribution in [0.15, 0.2) is 79.5 Å². The molecule has 0 aliphatic heterocycles. The summed E-state index contributed by atoms with van der Waals surface area (Å²) in [7, 11) is 1.97. The molecule has 0 aliphatic carbocycles. The average molecular weight is 418 g/mol. The van der Waals surface area contributed by atoms with Gasteiger partial charge in [-0.05, 0) is 73.6 Å². The van der Waals surface area contributed by atoms with Gasteiger partial charge < -0.3 is 15.0 Å². The molecule has 3 rings (SSSR count). The van der Waals surface area contributed by atoms with Crippen molar-refractivity contribution in [3.63, 3.8) is 0 Å². The second kappa shape index (κ2) is 9.94. The molecule has 0 saturated heterocycles. The molecule has 31 heavy (non-hydrogen) atoms. The Balaban J connectivity index is 1.87. The number of nitrogens with zero attached hydrogens (tertiary/aromatic N) is 2. The van der Waals surface area contributed by atoms with E-state index < -0.39 is 6.36 Å². The quantitative estimate of drug-likeness (QED) is 0.435. The summed E-state index contributed by atoms with van der Waals surface area (Å²) < 4.78 is 18.1. The summed E-state index contributed by atoms with van der Waals surface area (Å²) in [6.45, 7) is 9.17. The van der Waals surface area contributed by atoms with Gasteiger partial charge in [-0.1, -0.05) is 30.9 Å². The molecule has 0 fully saturated rings. The van der Waals surface area contributed by atoms with E-state index in [1.807, 2.05) is 56.1 Å². The lowest BCUT2D eigenvalue weighted by atomic mass is 10.1. The first-order valence-electron chi connectivity index (χ1n) is 10.2. The summed E-state index contributed by atoms with van der Waals surface area (Å²) >= 11 is 0. The predicted octanol–water partition coefficient (Wildman–Crippen LogP) is 6.84. The lowest BCUT2D eigenvalue weighted by molar-refractivity contribution is 0.0860. The Morgan fingerprint density at radius 3 is 2.35 bits per heavy atom. The first kappa shape index (κ1) is 22.1. The van der Waals surface area contributed by atoms with E-state index >= 15 is 0 Å². The number of halogens is 1. The van der Waals surface area contributed by atoms with Gasteiger partial charge in [-0.3, -0.25) is 0 Å². The summed E-state index contributed by atoms with van der Waals surface area (Å²) in [6, 6.07) is 17.5. The third-order valence-corrected chi connectivity index (χ3v) is 4.93. The van der Waals surface area contributed by atoms with E-state index in [1.165, 1.54) is 6.92 Å². The molecule has 0 saturated carbocycles. The lowest BCUT2D eigenvalue weighted by Crippen LogP contribution is -2.08. The lowest BCUT2D eigenvalue weighted by Gasteiger charge is -2.18. The van der Waals surface area contributed by atoms with Gasteiger partial charge in [-0.15, -0.1) is 0 Å². The molecule has 5 heteroatoms. The van der Waals surface area contributed by atoms with E-state index in [1.54, 1.807) is 18.3 Å². The smallest absolute Gasteiger partial charge is 0.235 e. The number of aromatic nitrogens is 1. The molecule has 2 aromatic carbocycles. The van der Waals surface area contributed by atoms with Crippen molar-refractivity contribution < 1.29 is 9.13 Å². The van der Waals surface area contributed by atoms with Gasteiger partial charge in [0.15, 0.2) is 0 Å². The fourth-order valence-electron chi connectivity index (χ4n) is 3.37. The van der Waals surface area contributed by atoms with Crippen molar-refractivity contribution in [3.05, 3.63) is 90.7 Å². The van der Waals surface area contributed by atoms with Crippen LogP contribution in [-0.2, 0) is 0 Å². The van der Waals surface area contributed by atoms with Gasteiger partial charge in [0.2, 0.25) is 6.36 Å². The van der Waals surface area contributed by atoms with Crippen LogP contribution in [0.4, 0.5) is 10.2 Å². The van der Waals surface area contributed by atoms with Crippen molar-refractivity contribution in [2.75, 3.05) is 12.4 Å². The fourth-order valence-corrected chi connectivity index (χ4v) is 3.37. The number of hydrogen-bond acceptors (Lipinski definition) is 4. The molecule has 3 aromatic rings. The highest BCUT2D eigenvalue weighted by atomic mass is 19.1. The molecule has 1 N–H and O–H groups in total. The molecule has 1 unspecified atom stereocenters. The van der Waals surface area contributed by atoms with Crippen LogP contribution >= 0.6 is 0 Å². The van der Waals surface area contributed by atoms with Crippen LogP contribution in [-0.4, -0.2) is 23.3 Å². The van der Waals surface area contributed by atoms with Crippen molar-refractivity contribution in [1.82, 2.24) is 9.88 Å². The van der Waals surface area contributed by atoms with Gasteiger partial charge in [0, 0.05) is 30.8 Å². The highest BCUT2D eigenvalue weighted by molar-refractivity contribution is 5.86. The second-order valence-corrected chi connectivity index (χ2v) is 7.08. The minimum Gasteiger partial charge on any atom is -0.461 e. The number of ether oxygens (including phenoxy) is 1. The molecule has 0 aliphatic rings. The Morgan fingerprint density at radius 2 is 1.74 bits per heavy atom. The zero-order valence-corrected chi connectivity index (χ0v) is 18.4. The summed E-state index contributed by atoms with van der Waals surface area (Å²) in [4.78, 5) is 6.79. The van der Waals surface area contributed by atoms with E-state index in [2.05, 4.69) is 36.2 Å². The van der Waals surface area contributed by atoms with E-state index in [9.17, 15) is 4.39 Å². The van der Waals surface area contributed by atoms with Gasteiger partial charge in [-0.25, -0.2) is 9.37 Å². The molecular weight excluding hydrogens is 389 g/mol. The summed E-state index contributed by atoms with van der Waals surface area (Å²) in [5.74, 6) is 1.24. The molecule has 1 atom stereocenters. The number of hydrogen-bond donors (Lipinski definition) is 1. The molecule has 4 nitrogen and oxygen atoms in total. The Kier molecular flexibility index (Phi) is 7.08. The monoisotopic (exact) mass is 417 g/mol. The normalized spacial score (nSPS) is 13.1. The highest BCUT2D eigenvalue weighted by Crippen LogP contribution is 2.26. The first-order valence-corrected chi connectivity index (χ1v) is 10.2. The molecule has 0 spiro atoms. The van der Waals surface area contributed by atoms with Crippen molar-refractivity contribution in [3.8, 4) is 5.75 Å². The minimum absolute atomic E-state index is 0.495. The zero-order chi connectivity index (χ0) is 22.4. The third-order valence-electron chi connectivity index (χ3n) is 4.93.